The Morgan fingerprint density at radius 1 is 1.05 bits per heavy atom. The molecule has 2 saturated heterocycles. The van der Waals surface area contributed by atoms with Crippen LogP contribution in [0.25, 0.3) is 0 Å². The number of hydrogen-bond acceptors (Lipinski definition) is 4. The van der Waals surface area contributed by atoms with Gasteiger partial charge in [0.25, 0.3) is 0 Å². The van der Waals surface area contributed by atoms with Crippen LogP contribution in [0.15, 0.2) is 12.5 Å². The van der Waals surface area contributed by atoms with E-state index >= 15 is 0 Å². The molecule has 1 aromatic heterocycles. The van der Waals surface area contributed by atoms with E-state index in [0.29, 0.717) is 12.5 Å². The molecule has 0 radical (unpaired) electrons. The van der Waals surface area contributed by atoms with E-state index in [9.17, 15) is 4.79 Å². The molecule has 0 spiro atoms. The van der Waals surface area contributed by atoms with Crippen molar-refractivity contribution in [3.63, 3.8) is 0 Å². The fraction of sp³-hybridized carbons (Fsp3) is 0.733. The Labute approximate surface area is 126 Å². The molecule has 6 nitrogen and oxygen atoms in total. The number of carbonyl (C=O) groups is 1. The molecule has 0 atom stereocenters. The van der Waals surface area contributed by atoms with E-state index in [1.807, 2.05) is 11.1 Å². The highest BCUT2D eigenvalue weighted by Crippen LogP contribution is 2.10. The second-order valence-electron chi connectivity index (χ2n) is 6.07. The first kappa shape index (κ1) is 14.5. The van der Waals surface area contributed by atoms with Gasteiger partial charge < -0.3 is 9.88 Å². The standard InChI is InChI=1S/C15H25N5O/c21-15(20-6-1-2-7-20)12-19-5-3-4-18(8-9-19)11-14-10-16-13-17-14/h10,13H,1-9,11-12H2,(H,16,17). The van der Waals surface area contributed by atoms with Crippen molar-refractivity contribution >= 4 is 5.91 Å². The second kappa shape index (κ2) is 7.04. The SMILES string of the molecule is O=C(CN1CCCN(Cc2cnc[nH]2)CC1)N1CCCC1. The number of aromatic amines is 1. The van der Waals surface area contributed by atoms with Crippen molar-refractivity contribution in [2.75, 3.05) is 45.8 Å². The molecule has 2 aliphatic heterocycles. The van der Waals surface area contributed by atoms with Gasteiger partial charge >= 0.3 is 0 Å². The first-order chi connectivity index (χ1) is 10.3. The van der Waals surface area contributed by atoms with Gasteiger partial charge in [-0.15, -0.1) is 0 Å². The molecule has 2 fully saturated rings. The number of likely N-dealkylation sites (tertiary alicyclic amines) is 1. The van der Waals surface area contributed by atoms with Gasteiger partial charge in [-0.2, -0.15) is 0 Å². The number of hydrogen-bond donors (Lipinski definition) is 1. The van der Waals surface area contributed by atoms with Gasteiger partial charge in [0.2, 0.25) is 5.91 Å². The average molecular weight is 291 g/mol. The molecule has 2 aliphatic rings. The smallest absolute Gasteiger partial charge is 0.236 e. The molecular weight excluding hydrogens is 266 g/mol. The van der Waals surface area contributed by atoms with E-state index < -0.39 is 0 Å². The minimum atomic E-state index is 0.314. The van der Waals surface area contributed by atoms with Crippen LogP contribution in [-0.4, -0.2) is 76.4 Å². The molecule has 1 aromatic rings. The Hall–Kier alpha value is -1.40. The largest absolute Gasteiger partial charge is 0.347 e. The third kappa shape index (κ3) is 4.04. The maximum atomic E-state index is 12.2. The molecule has 1 N–H and O–H groups in total. The first-order valence-electron chi connectivity index (χ1n) is 8.01. The first-order valence-corrected chi connectivity index (χ1v) is 8.01. The quantitative estimate of drug-likeness (QED) is 0.880. The summed E-state index contributed by atoms with van der Waals surface area (Å²) >= 11 is 0. The maximum Gasteiger partial charge on any atom is 0.236 e. The predicted octanol–water partition coefficient (Wildman–Crippen LogP) is 0.540. The fourth-order valence-corrected chi connectivity index (χ4v) is 3.21. The lowest BCUT2D eigenvalue weighted by Gasteiger charge is -2.23. The monoisotopic (exact) mass is 291 g/mol. The molecule has 0 bridgehead atoms. The topological polar surface area (TPSA) is 55.5 Å². The summed E-state index contributed by atoms with van der Waals surface area (Å²) in [6.45, 7) is 7.55. The van der Waals surface area contributed by atoms with Crippen LogP contribution in [0.4, 0.5) is 0 Å². The van der Waals surface area contributed by atoms with E-state index in [4.69, 9.17) is 0 Å². The summed E-state index contributed by atoms with van der Waals surface area (Å²) in [4.78, 5) is 26.2. The van der Waals surface area contributed by atoms with Crippen molar-refractivity contribution in [1.82, 2.24) is 24.7 Å². The lowest BCUT2D eigenvalue weighted by Crippen LogP contribution is -2.40. The molecule has 3 rings (SSSR count). The summed E-state index contributed by atoms with van der Waals surface area (Å²) in [6, 6.07) is 0. The van der Waals surface area contributed by atoms with Gasteiger partial charge in [0.05, 0.1) is 12.9 Å². The van der Waals surface area contributed by atoms with Gasteiger partial charge in [0.1, 0.15) is 0 Å². The number of nitrogens with one attached hydrogen (secondary N) is 1. The highest BCUT2D eigenvalue weighted by atomic mass is 16.2. The zero-order chi connectivity index (χ0) is 14.5. The van der Waals surface area contributed by atoms with E-state index in [0.717, 1.165) is 57.9 Å². The van der Waals surface area contributed by atoms with Crippen molar-refractivity contribution < 1.29 is 4.79 Å². The van der Waals surface area contributed by atoms with E-state index in [-0.39, 0.29) is 0 Å². The minimum Gasteiger partial charge on any atom is -0.347 e. The molecule has 116 valence electrons. The molecular formula is C15H25N5O. The summed E-state index contributed by atoms with van der Waals surface area (Å²) in [5, 5.41) is 0. The van der Waals surface area contributed by atoms with Gasteiger partial charge in [-0.1, -0.05) is 0 Å². The lowest BCUT2D eigenvalue weighted by molar-refractivity contribution is -0.131. The summed E-state index contributed by atoms with van der Waals surface area (Å²) in [6.07, 6.45) is 7.09. The van der Waals surface area contributed by atoms with Crippen LogP contribution in [-0.2, 0) is 11.3 Å². The Morgan fingerprint density at radius 2 is 1.81 bits per heavy atom. The van der Waals surface area contributed by atoms with Gasteiger partial charge in [0.15, 0.2) is 0 Å². The van der Waals surface area contributed by atoms with Crippen molar-refractivity contribution in [3.8, 4) is 0 Å². The van der Waals surface area contributed by atoms with Gasteiger partial charge in [-0.3, -0.25) is 14.6 Å². The van der Waals surface area contributed by atoms with Crippen molar-refractivity contribution in [2.45, 2.75) is 25.8 Å². The van der Waals surface area contributed by atoms with Gasteiger partial charge in [-0.05, 0) is 32.4 Å². The minimum absolute atomic E-state index is 0.314. The number of H-pyrrole nitrogens is 1. The highest BCUT2D eigenvalue weighted by Gasteiger charge is 2.22. The number of aromatic nitrogens is 2. The Morgan fingerprint density at radius 3 is 2.57 bits per heavy atom. The Bertz CT molecular complexity index is 441. The summed E-state index contributed by atoms with van der Waals surface area (Å²) < 4.78 is 0. The van der Waals surface area contributed by atoms with Crippen LogP contribution in [0, 0.1) is 0 Å². The number of carbonyl (C=O) groups excluding carboxylic acids is 1. The summed E-state index contributed by atoms with van der Waals surface area (Å²) in [5.41, 5.74) is 1.16. The molecule has 0 saturated carbocycles. The molecule has 6 heteroatoms. The van der Waals surface area contributed by atoms with Crippen LogP contribution >= 0.6 is 0 Å². The number of amides is 1. The normalized spacial score (nSPS) is 21.6. The van der Waals surface area contributed by atoms with E-state index in [1.54, 1.807) is 6.33 Å². The van der Waals surface area contributed by atoms with Crippen LogP contribution in [0.1, 0.15) is 25.0 Å². The van der Waals surface area contributed by atoms with Crippen LogP contribution < -0.4 is 0 Å². The lowest BCUT2D eigenvalue weighted by atomic mass is 10.3. The van der Waals surface area contributed by atoms with Gasteiger partial charge in [-0.25, -0.2) is 4.98 Å². The van der Waals surface area contributed by atoms with Crippen LogP contribution in [0.5, 0.6) is 0 Å². The molecule has 3 heterocycles. The van der Waals surface area contributed by atoms with E-state index in [2.05, 4.69) is 19.8 Å². The Balaban J connectivity index is 1.45. The van der Waals surface area contributed by atoms with Gasteiger partial charge in [0, 0.05) is 44.6 Å². The van der Waals surface area contributed by atoms with Crippen molar-refractivity contribution in [1.29, 1.82) is 0 Å². The Kier molecular flexibility index (Phi) is 4.87. The highest BCUT2D eigenvalue weighted by molar-refractivity contribution is 5.78. The van der Waals surface area contributed by atoms with E-state index in [1.165, 1.54) is 12.8 Å². The predicted molar refractivity (Wildman–Crippen MR) is 80.7 cm³/mol. The average Bonchev–Trinajstić information content (AvgIpc) is 3.13. The molecule has 0 aromatic carbocycles. The fourth-order valence-electron chi connectivity index (χ4n) is 3.21. The molecule has 0 unspecified atom stereocenters. The molecule has 0 aliphatic carbocycles. The number of nitrogens with zero attached hydrogens (tertiary/aromatic N) is 4. The third-order valence-corrected chi connectivity index (χ3v) is 4.45. The summed E-state index contributed by atoms with van der Waals surface area (Å²) in [7, 11) is 0. The third-order valence-electron chi connectivity index (χ3n) is 4.45. The second-order valence-corrected chi connectivity index (χ2v) is 6.07. The zero-order valence-corrected chi connectivity index (χ0v) is 12.6. The van der Waals surface area contributed by atoms with Crippen LogP contribution in [0.3, 0.4) is 0 Å². The van der Waals surface area contributed by atoms with Crippen molar-refractivity contribution in [3.05, 3.63) is 18.2 Å². The van der Waals surface area contributed by atoms with Crippen LogP contribution in [0.2, 0.25) is 0 Å². The molecule has 21 heavy (non-hydrogen) atoms. The number of imidazole rings is 1. The maximum absolute atomic E-state index is 12.2. The molecule has 1 amide bonds. The zero-order valence-electron chi connectivity index (χ0n) is 12.6. The van der Waals surface area contributed by atoms with Crippen molar-refractivity contribution in [2.24, 2.45) is 0 Å². The summed E-state index contributed by atoms with van der Waals surface area (Å²) in [5.74, 6) is 0.314. The number of rotatable bonds is 4.